The molecule has 1 aromatic carbocycles. The van der Waals surface area contributed by atoms with E-state index in [0.717, 1.165) is 31.0 Å². The fourth-order valence-corrected chi connectivity index (χ4v) is 3.13. The molecule has 1 aliphatic carbocycles. The first-order chi connectivity index (χ1) is 9.79. The molecule has 0 bridgehead atoms. The zero-order valence-corrected chi connectivity index (χ0v) is 12.5. The van der Waals surface area contributed by atoms with Gasteiger partial charge >= 0.3 is 0 Å². The third-order valence-corrected chi connectivity index (χ3v) is 4.36. The number of pyridine rings is 1. The van der Waals surface area contributed by atoms with Gasteiger partial charge in [-0.15, -0.1) is 0 Å². The Balaban J connectivity index is 1.92. The maximum atomic E-state index is 6.28. The minimum atomic E-state index is 0.420. The largest absolute Gasteiger partial charge is 0.313 e. The molecule has 20 heavy (non-hydrogen) atoms. The number of aromatic nitrogens is 1. The molecular formula is C17H19ClN2. The highest BCUT2D eigenvalue weighted by Gasteiger charge is 2.25. The van der Waals surface area contributed by atoms with E-state index in [-0.39, 0.29) is 0 Å². The fourth-order valence-electron chi connectivity index (χ4n) is 2.94. The summed E-state index contributed by atoms with van der Waals surface area (Å²) in [6.45, 7) is 3.88. The summed E-state index contributed by atoms with van der Waals surface area (Å²) < 4.78 is 0. The summed E-state index contributed by atoms with van der Waals surface area (Å²) in [5, 5.41) is 4.18. The molecule has 1 unspecified atom stereocenters. The van der Waals surface area contributed by atoms with Gasteiger partial charge in [0, 0.05) is 23.7 Å². The second kappa shape index (κ2) is 5.94. The van der Waals surface area contributed by atoms with Crippen molar-refractivity contribution in [2.24, 2.45) is 0 Å². The van der Waals surface area contributed by atoms with Crippen molar-refractivity contribution in [3.8, 4) is 0 Å². The Morgan fingerprint density at radius 3 is 3.10 bits per heavy atom. The van der Waals surface area contributed by atoms with Gasteiger partial charge in [-0.3, -0.25) is 4.98 Å². The molecule has 1 aliphatic rings. The van der Waals surface area contributed by atoms with Crippen LogP contribution in [0.3, 0.4) is 0 Å². The summed E-state index contributed by atoms with van der Waals surface area (Å²) >= 11 is 6.28. The van der Waals surface area contributed by atoms with Gasteiger partial charge in [0.05, 0.1) is 5.69 Å². The zero-order valence-electron chi connectivity index (χ0n) is 11.7. The third kappa shape index (κ3) is 2.58. The monoisotopic (exact) mass is 286 g/mol. The molecule has 2 aromatic rings. The lowest BCUT2D eigenvalue weighted by Crippen LogP contribution is -2.12. The smallest absolute Gasteiger partial charge is 0.0510 e. The van der Waals surface area contributed by atoms with Crippen LogP contribution in [-0.2, 0) is 13.0 Å². The number of hydrogen-bond donors (Lipinski definition) is 1. The lowest BCUT2D eigenvalue weighted by molar-refractivity contribution is 0.721. The molecule has 0 saturated carbocycles. The van der Waals surface area contributed by atoms with Gasteiger partial charge in [0.1, 0.15) is 0 Å². The first-order valence-corrected chi connectivity index (χ1v) is 7.60. The van der Waals surface area contributed by atoms with Crippen molar-refractivity contribution in [2.75, 3.05) is 6.54 Å². The zero-order chi connectivity index (χ0) is 13.9. The summed E-state index contributed by atoms with van der Waals surface area (Å²) in [5.74, 6) is 0.420. The van der Waals surface area contributed by atoms with Gasteiger partial charge < -0.3 is 5.32 Å². The van der Waals surface area contributed by atoms with Crippen LogP contribution in [0.1, 0.15) is 41.6 Å². The molecule has 0 aliphatic heterocycles. The van der Waals surface area contributed by atoms with E-state index in [4.69, 9.17) is 11.6 Å². The summed E-state index contributed by atoms with van der Waals surface area (Å²) in [4.78, 5) is 4.58. The van der Waals surface area contributed by atoms with Crippen LogP contribution in [0.15, 0.2) is 36.5 Å². The topological polar surface area (TPSA) is 24.9 Å². The number of nitrogens with one attached hydrogen (secondary N) is 1. The molecule has 0 radical (unpaired) electrons. The minimum absolute atomic E-state index is 0.420. The van der Waals surface area contributed by atoms with Crippen LogP contribution in [0.2, 0.25) is 5.02 Å². The molecule has 0 saturated heterocycles. The van der Waals surface area contributed by atoms with E-state index in [9.17, 15) is 0 Å². The molecule has 0 spiro atoms. The molecule has 1 aromatic heterocycles. The number of fused-ring (bicyclic) bond motifs is 1. The van der Waals surface area contributed by atoms with E-state index < -0.39 is 0 Å². The van der Waals surface area contributed by atoms with E-state index in [0.29, 0.717) is 5.92 Å². The Bertz CT molecular complexity index is 610. The maximum Gasteiger partial charge on any atom is 0.0510 e. The molecule has 3 rings (SSSR count). The van der Waals surface area contributed by atoms with Gasteiger partial charge in [0.25, 0.3) is 0 Å². The number of hydrogen-bond acceptors (Lipinski definition) is 2. The summed E-state index contributed by atoms with van der Waals surface area (Å²) in [6, 6.07) is 10.6. The number of aryl methyl sites for hydroxylation is 1. The van der Waals surface area contributed by atoms with Gasteiger partial charge in [0.2, 0.25) is 0 Å². The third-order valence-electron chi connectivity index (χ3n) is 4.00. The molecule has 104 valence electrons. The average molecular weight is 287 g/mol. The van der Waals surface area contributed by atoms with Gasteiger partial charge in [-0.2, -0.15) is 0 Å². The van der Waals surface area contributed by atoms with Crippen molar-refractivity contribution in [1.82, 2.24) is 10.3 Å². The van der Waals surface area contributed by atoms with Crippen molar-refractivity contribution < 1.29 is 0 Å². The predicted molar refractivity (Wildman–Crippen MR) is 83.2 cm³/mol. The Hall–Kier alpha value is -1.38. The van der Waals surface area contributed by atoms with Crippen molar-refractivity contribution in [3.63, 3.8) is 0 Å². The lowest BCUT2D eigenvalue weighted by atomic mass is 9.95. The highest BCUT2D eigenvalue weighted by atomic mass is 35.5. The van der Waals surface area contributed by atoms with Gasteiger partial charge in [-0.1, -0.05) is 36.7 Å². The molecule has 3 heteroatoms. The highest BCUT2D eigenvalue weighted by Crippen LogP contribution is 2.37. The average Bonchev–Trinajstić information content (AvgIpc) is 2.90. The summed E-state index contributed by atoms with van der Waals surface area (Å²) in [6.07, 6.45) is 4.17. The molecule has 2 nitrogen and oxygen atoms in total. The number of halogens is 1. The first-order valence-electron chi connectivity index (χ1n) is 7.22. The van der Waals surface area contributed by atoms with Crippen molar-refractivity contribution >= 4 is 11.6 Å². The minimum Gasteiger partial charge on any atom is -0.313 e. The maximum absolute atomic E-state index is 6.28. The Morgan fingerprint density at radius 1 is 1.35 bits per heavy atom. The first kappa shape index (κ1) is 13.6. The quantitative estimate of drug-likeness (QED) is 0.921. The van der Waals surface area contributed by atoms with Gasteiger partial charge in [-0.05, 0) is 48.2 Å². The molecule has 0 fully saturated rings. The highest BCUT2D eigenvalue weighted by molar-refractivity contribution is 6.31. The van der Waals surface area contributed by atoms with Crippen LogP contribution in [0.5, 0.6) is 0 Å². The molecule has 1 heterocycles. The van der Waals surface area contributed by atoms with Crippen LogP contribution >= 0.6 is 11.6 Å². The fraction of sp³-hybridized carbons (Fsp3) is 0.353. The van der Waals surface area contributed by atoms with Crippen LogP contribution in [0.25, 0.3) is 0 Å². The van der Waals surface area contributed by atoms with Gasteiger partial charge in [0.15, 0.2) is 0 Å². The Kier molecular flexibility index (Phi) is 4.04. The van der Waals surface area contributed by atoms with E-state index in [1.807, 2.05) is 18.3 Å². The van der Waals surface area contributed by atoms with E-state index >= 15 is 0 Å². The summed E-state index contributed by atoms with van der Waals surface area (Å²) in [5.41, 5.74) is 5.14. The Labute approximate surface area is 125 Å². The number of nitrogens with zero attached hydrogens (tertiary/aromatic N) is 1. The number of benzene rings is 1. The molecule has 1 atom stereocenters. The van der Waals surface area contributed by atoms with Crippen LogP contribution in [-0.4, -0.2) is 11.5 Å². The van der Waals surface area contributed by atoms with E-state index in [2.05, 4.69) is 35.4 Å². The second-order valence-corrected chi connectivity index (χ2v) is 5.68. The molecular weight excluding hydrogens is 268 g/mol. The Morgan fingerprint density at radius 2 is 2.25 bits per heavy atom. The van der Waals surface area contributed by atoms with Gasteiger partial charge in [-0.25, -0.2) is 0 Å². The SMILES string of the molecule is CCNCc1cc(C2CCc3cccnc32)ccc1Cl. The molecule has 0 amide bonds. The van der Waals surface area contributed by atoms with Crippen LogP contribution in [0.4, 0.5) is 0 Å². The molecule has 1 N–H and O–H groups in total. The van der Waals surface area contributed by atoms with Crippen molar-refractivity contribution in [2.45, 2.75) is 32.2 Å². The number of rotatable bonds is 4. The van der Waals surface area contributed by atoms with Crippen LogP contribution < -0.4 is 5.32 Å². The standard InChI is InChI=1S/C17H19ClN2/c1-2-19-11-14-10-13(6-8-16(14)18)15-7-5-12-4-3-9-20-17(12)15/h3-4,6,8-10,15,19H,2,5,7,11H2,1H3. The summed E-state index contributed by atoms with van der Waals surface area (Å²) in [7, 11) is 0. The van der Waals surface area contributed by atoms with Crippen molar-refractivity contribution in [3.05, 3.63) is 63.9 Å². The van der Waals surface area contributed by atoms with Crippen LogP contribution in [0, 0.1) is 0 Å². The normalized spacial score (nSPS) is 17.2. The lowest BCUT2D eigenvalue weighted by Gasteiger charge is -2.14. The van der Waals surface area contributed by atoms with E-state index in [1.54, 1.807) is 0 Å². The predicted octanol–water partition coefficient (Wildman–Crippen LogP) is 3.92. The van der Waals surface area contributed by atoms with Crippen molar-refractivity contribution in [1.29, 1.82) is 0 Å². The second-order valence-electron chi connectivity index (χ2n) is 5.27. The van der Waals surface area contributed by atoms with E-state index in [1.165, 1.54) is 22.4 Å².